The average molecular weight is 419 g/mol. The molecule has 0 radical (unpaired) electrons. The van der Waals surface area contributed by atoms with Gasteiger partial charge in [-0.05, 0) is 34.7 Å². The van der Waals surface area contributed by atoms with Crippen molar-refractivity contribution in [3.8, 4) is 0 Å². The van der Waals surface area contributed by atoms with Crippen molar-refractivity contribution in [1.29, 1.82) is 0 Å². The summed E-state index contributed by atoms with van der Waals surface area (Å²) in [6.45, 7) is -0.509. The first-order valence-corrected chi connectivity index (χ1v) is 7.76. The Kier molecular flexibility index (Phi) is 5.57. The fourth-order valence-electron chi connectivity index (χ4n) is 1.15. The maximum absolute atomic E-state index is 12.0. The van der Waals surface area contributed by atoms with Crippen molar-refractivity contribution < 1.29 is 26.4 Å². The summed E-state index contributed by atoms with van der Waals surface area (Å²) >= 11 is 1.55. The number of alkyl halides is 3. The molecule has 0 saturated heterocycles. The van der Waals surface area contributed by atoms with Crippen molar-refractivity contribution in [2.24, 2.45) is 0 Å². The van der Waals surface area contributed by atoms with E-state index in [1.54, 1.807) is 34.0 Å². The van der Waals surface area contributed by atoms with Gasteiger partial charge in [-0.15, -0.1) is 0 Å². The van der Waals surface area contributed by atoms with Gasteiger partial charge < -0.3 is 5.32 Å². The number of carbonyl (C=O) groups excluding carboxylic acids is 1. The van der Waals surface area contributed by atoms with E-state index in [4.69, 9.17) is 0 Å². The molecule has 20 heavy (non-hydrogen) atoms. The summed E-state index contributed by atoms with van der Waals surface area (Å²) in [6, 6.07) is 7.42. The quantitative estimate of drug-likeness (QED) is 0.763. The Morgan fingerprint density at radius 2 is 1.80 bits per heavy atom. The molecule has 0 aliphatic rings. The lowest BCUT2D eigenvalue weighted by Gasteiger charge is -2.07. The smallest absolute Gasteiger partial charge is 0.344 e. The highest BCUT2D eigenvalue weighted by atomic mass is 127. The zero-order valence-electron chi connectivity index (χ0n) is 9.82. The highest BCUT2D eigenvalue weighted by molar-refractivity contribution is 14.1. The summed E-state index contributed by atoms with van der Waals surface area (Å²) in [4.78, 5) is 10.6. The van der Waals surface area contributed by atoms with Crippen LogP contribution in [0.25, 0.3) is 0 Å². The molecule has 0 bridgehead atoms. The highest BCUT2D eigenvalue weighted by Crippen LogP contribution is 2.17. The van der Waals surface area contributed by atoms with Crippen molar-refractivity contribution >= 4 is 38.3 Å². The zero-order valence-corrected chi connectivity index (χ0v) is 12.8. The maximum atomic E-state index is 12.0. The molecule has 1 aromatic carbocycles. The second kappa shape index (κ2) is 6.57. The Morgan fingerprint density at radius 3 is 2.30 bits per heavy atom. The van der Waals surface area contributed by atoms with Gasteiger partial charge in [0.25, 0.3) is 0 Å². The molecule has 110 valence electrons. The van der Waals surface area contributed by atoms with Crippen molar-refractivity contribution in [2.75, 3.05) is 6.54 Å². The van der Waals surface area contributed by atoms with Gasteiger partial charge in [-0.25, -0.2) is 8.42 Å². The van der Waals surface area contributed by atoms with E-state index in [1.807, 2.05) is 0 Å². The van der Waals surface area contributed by atoms with Crippen molar-refractivity contribution in [3.05, 3.63) is 39.3 Å². The van der Waals surface area contributed by atoms with Crippen molar-refractivity contribution in [2.45, 2.75) is 11.1 Å². The van der Waals surface area contributed by atoms with Gasteiger partial charge >= 0.3 is 12.1 Å². The Labute approximate surface area is 127 Å². The maximum Gasteiger partial charge on any atom is 0.471 e. The first-order chi connectivity index (χ1) is 9.13. The van der Waals surface area contributed by atoms with E-state index in [2.05, 4.69) is 0 Å². The summed E-state index contributed by atoms with van der Waals surface area (Å²) in [5.74, 6) is -2.11. The topological polar surface area (TPSA) is 63.2 Å². The van der Waals surface area contributed by atoms with E-state index < -0.39 is 28.5 Å². The van der Waals surface area contributed by atoms with Crippen molar-refractivity contribution in [3.63, 3.8) is 0 Å². The van der Waals surface area contributed by atoms with Gasteiger partial charge in [0.15, 0.2) is 0 Å². The molecule has 0 saturated carbocycles. The summed E-state index contributed by atoms with van der Waals surface area (Å²) in [7, 11) is -3.74. The summed E-state index contributed by atoms with van der Waals surface area (Å²) in [5.41, 5.74) is 0. The highest BCUT2D eigenvalue weighted by Gasteiger charge is 2.38. The fraction of sp³-hybridized carbons (Fsp3) is 0.182. The van der Waals surface area contributed by atoms with Gasteiger partial charge in [-0.2, -0.15) is 13.2 Å². The van der Waals surface area contributed by atoms with E-state index in [-0.39, 0.29) is 8.48 Å². The third-order valence-corrected chi connectivity index (χ3v) is 4.67. The number of halogens is 4. The Bertz CT molecular complexity index is 612. The molecule has 1 aromatic rings. The lowest BCUT2D eigenvalue weighted by Crippen LogP contribution is -2.37. The molecule has 4 nitrogen and oxygen atoms in total. The van der Waals surface area contributed by atoms with E-state index in [0.717, 1.165) is 5.41 Å². The Balaban J connectivity index is 2.77. The molecule has 0 atom stereocenters. The van der Waals surface area contributed by atoms with Gasteiger partial charge in [0.1, 0.15) is 0 Å². The fourth-order valence-corrected chi connectivity index (χ4v) is 3.44. The normalized spacial score (nSPS) is 13.1. The summed E-state index contributed by atoms with van der Waals surface area (Å²) in [6.07, 6.45) is -4.99. The molecule has 1 N–H and O–H groups in total. The zero-order chi connectivity index (χ0) is 15.4. The summed E-state index contributed by atoms with van der Waals surface area (Å²) < 4.78 is 59.6. The molecule has 0 unspecified atom stereocenters. The lowest BCUT2D eigenvalue weighted by atomic mass is 10.4. The van der Waals surface area contributed by atoms with Crippen molar-refractivity contribution in [1.82, 2.24) is 5.32 Å². The number of sulfone groups is 1. The standard InChI is InChI=1S/C11H9F3INO3S/c12-11(13,14)10(17)16-6-8(15)7-20(18,19)9-4-2-1-3-5-9/h1-5,7H,6H2,(H,16,17)/b8-7+. The van der Waals surface area contributed by atoms with Crippen LogP contribution in [0.4, 0.5) is 13.2 Å². The predicted octanol–water partition coefficient (Wildman–Crippen LogP) is 2.42. The predicted molar refractivity (Wildman–Crippen MR) is 74.8 cm³/mol. The van der Waals surface area contributed by atoms with Crippen LogP contribution < -0.4 is 5.32 Å². The molecule has 0 heterocycles. The minimum atomic E-state index is -4.99. The third kappa shape index (κ3) is 5.12. The van der Waals surface area contributed by atoms with Crippen LogP contribution in [0.1, 0.15) is 0 Å². The minimum Gasteiger partial charge on any atom is -0.344 e. The number of carbonyl (C=O) groups is 1. The second-order valence-electron chi connectivity index (χ2n) is 3.60. The van der Waals surface area contributed by atoms with Crippen LogP contribution in [0.15, 0.2) is 44.2 Å². The molecule has 0 aromatic heterocycles. The number of nitrogens with one attached hydrogen (secondary N) is 1. The Hall–Kier alpha value is -1.10. The van der Waals surface area contributed by atoms with Crippen LogP contribution in [0.5, 0.6) is 0 Å². The third-order valence-electron chi connectivity index (χ3n) is 2.03. The van der Waals surface area contributed by atoms with Gasteiger partial charge in [0.05, 0.1) is 4.90 Å². The van der Waals surface area contributed by atoms with E-state index >= 15 is 0 Å². The van der Waals surface area contributed by atoms with Gasteiger partial charge in [0, 0.05) is 15.5 Å². The van der Waals surface area contributed by atoms with Crippen LogP contribution in [0, 0.1) is 0 Å². The van der Waals surface area contributed by atoms with E-state index in [1.165, 1.54) is 24.3 Å². The molecule has 9 heteroatoms. The van der Waals surface area contributed by atoms with Gasteiger partial charge in [0.2, 0.25) is 9.84 Å². The van der Waals surface area contributed by atoms with E-state index in [0.29, 0.717) is 0 Å². The number of hydrogen-bond acceptors (Lipinski definition) is 3. The van der Waals surface area contributed by atoms with Crippen LogP contribution in [0.2, 0.25) is 0 Å². The average Bonchev–Trinajstić information content (AvgIpc) is 2.35. The van der Waals surface area contributed by atoms with Gasteiger partial charge in [-0.1, -0.05) is 18.2 Å². The minimum absolute atomic E-state index is 0.0244. The Morgan fingerprint density at radius 1 is 1.25 bits per heavy atom. The number of hydrogen-bond donors (Lipinski definition) is 1. The lowest BCUT2D eigenvalue weighted by molar-refractivity contribution is -0.173. The molecule has 1 rings (SSSR count). The van der Waals surface area contributed by atoms with E-state index in [9.17, 15) is 26.4 Å². The van der Waals surface area contributed by atoms with Crippen LogP contribution in [0.3, 0.4) is 0 Å². The molecule has 0 aliphatic carbocycles. The monoisotopic (exact) mass is 419 g/mol. The first-order valence-electron chi connectivity index (χ1n) is 5.14. The largest absolute Gasteiger partial charge is 0.471 e. The molecular weight excluding hydrogens is 410 g/mol. The van der Waals surface area contributed by atoms with Crippen LogP contribution in [-0.4, -0.2) is 27.0 Å². The second-order valence-corrected chi connectivity index (χ2v) is 6.79. The number of amides is 1. The molecular formula is C11H9F3INO3S. The number of benzene rings is 1. The summed E-state index contributed by atoms with van der Waals surface area (Å²) in [5, 5.41) is 2.41. The van der Waals surface area contributed by atoms with Crippen LogP contribution >= 0.6 is 22.6 Å². The van der Waals surface area contributed by atoms with Crippen LogP contribution in [-0.2, 0) is 14.6 Å². The van der Waals surface area contributed by atoms with Gasteiger partial charge in [-0.3, -0.25) is 4.79 Å². The molecule has 1 amide bonds. The first kappa shape index (κ1) is 17.0. The SMILES string of the molecule is O=C(NC/C(I)=C\S(=O)(=O)c1ccccc1)C(F)(F)F. The molecule has 0 aliphatic heterocycles. The molecule has 0 fully saturated rings. The number of rotatable bonds is 4. The molecule has 0 spiro atoms.